The number of carbonyl (C=O) groups is 1. The number of nitrogens with zero attached hydrogens (tertiary/aromatic N) is 1. The Kier molecular flexibility index (Phi) is 2.92. The summed E-state index contributed by atoms with van der Waals surface area (Å²) in [6, 6.07) is 9.58. The Morgan fingerprint density at radius 2 is 2.00 bits per heavy atom. The molecule has 1 aromatic rings. The molecule has 1 aliphatic rings. The SMILES string of the molecule is CN(C)CC1(Cl)CC1(C(N)=O)c1ccccc1. The van der Waals surface area contributed by atoms with E-state index in [-0.39, 0.29) is 5.91 Å². The molecule has 2 atom stereocenters. The van der Waals surface area contributed by atoms with Crippen LogP contribution in [0.2, 0.25) is 0 Å². The predicted octanol–water partition coefficient (Wildman–Crippen LogP) is 1.35. The Labute approximate surface area is 107 Å². The van der Waals surface area contributed by atoms with Crippen LogP contribution in [-0.4, -0.2) is 36.3 Å². The first-order valence-corrected chi connectivity index (χ1v) is 5.99. The van der Waals surface area contributed by atoms with Gasteiger partial charge < -0.3 is 10.6 Å². The molecule has 0 radical (unpaired) electrons. The molecule has 0 bridgehead atoms. The third-order valence-corrected chi connectivity index (χ3v) is 4.02. The molecule has 92 valence electrons. The van der Waals surface area contributed by atoms with Gasteiger partial charge in [0, 0.05) is 6.54 Å². The van der Waals surface area contributed by atoms with Crippen molar-refractivity contribution in [1.82, 2.24) is 4.90 Å². The predicted molar refractivity (Wildman–Crippen MR) is 69.1 cm³/mol. The van der Waals surface area contributed by atoms with Crippen molar-refractivity contribution in [2.24, 2.45) is 5.73 Å². The van der Waals surface area contributed by atoms with E-state index in [1.165, 1.54) is 0 Å². The maximum atomic E-state index is 11.8. The van der Waals surface area contributed by atoms with Crippen LogP contribution in [0.25, 0.3) is 0 Å². The van der Waals surface area contributed by atoms with Crippen LogP contribution in [0.15, 0.2) is 30.3 Å². The van der Waals surface area contributed by atoms with Crippen LogP contribution >= 0.6 is 11.6 Å². The highest BCUT2D eigenvalue weighted by atomic mass is 35.5. The zero-order valence-corrected chi connectivity index (χ0v) is 10.9. The van der Waals surface area contributed by atoms with Crippen LogP contribution in [0.1, 0.15) is 12.0 Å². The normalized spacial score (nSPS) is 31.5. The lowest BCUT2D eigenvalue weighted by Crippen LogP contribution is -2.39. The molecule has 4 heteroatoms. The number of amides is 1. The van der Waals surface area contributed by atoms with Gasteiger partial charge in [0.1, 0.15) is 0 Å². The van der Waals surface area contributed by atoms with E-state index in [9.17, 15) is 4.79 Å². The number of rotatable bonds is 4. The van der Waals surface area contributed by atoms with E-state index in [1.807, 2.05) is 49.3 Å². The van der Waals surface area contributed by atoms with Crippen LogP contribution in [0.4, 0.5) is 0 Å². The van der Waals surface area contributed by atoms with Crippen molar-refractivity contribution in [2.45, 2.75) is 16.7 Å². The molecule has 1 aromatic carbocycles. The fourth-order valence-electron chi connectivity index (χ4n) is 2.60. The molecular weight excluding hydrogens is 236 g/mol. The average molecular weight is 253 g/mol. The molecule has 17 heavy (non-hydrogen) atoms. The summed E-state index contributed by atoms with van der Waals surface area (Å²) < 4.78 is 0. The van der Waals surface area contributed by atoms with Gasteiger partial charge in [0.25, 0.3) is 0 Å². The molecule has 1 saturated carbocycles. The lowest BCUT2D eigenvalue weighted by Gasteiger charge is -2.21. The molecule has 0 aromatic heterocycles. The van der Waals surface area contributed by atoms with E-state index in [1.54, 1.807) is 0 Å². The minimum absolute atomic E-state index is 0.333. The van der Waals surface area contributed by atoms with Gasteiger partial charge in [-0.2, -0.15) is 0 Å². The number of hydrogen-bond acceptors (Lipinski definition) is 2. The highest BCUT2D eigenvalue weighted by Crippen LogP contribution is 2.62. The van der Waals surface area contributed by atoms with Gasteiger partial charge in [-0.1, -0.05) is 30.3 Å². The van der Waals surface area contributed by atoms with E-state index < -0.39 is 10.3 Å². The topological polar surface area (TPSA) is 46.3 Å². The van der Waals surface area contributed by atoms with Crippen LogP contribution in [0, 0.1) is 0 Å². The minimum atomic E-state index is -0.708. The first-order chi connectivity index (χ1) is 7.92. The van der Waals surface area contributed by atoms with Crippen molar-refractivity contribution in [2.75, 3.05) is 20.6 Å². The number of alkyl halides is 1. The first kappa shape index (κ1) is 12.4. The average Bonchev–Trinajstić information content (AvgIpc) is 2.86. The Hall–Kier alpha value is -1.06. The third-order valence-electron chi connectivity index (χ3n) is 3.44. The number of primary amides is 1. The smallest absolute Gasteiger partial charge is 0.230 e. The first-order valence-electron chi connectivity index (χ1n) is 5.61. The number of carbonyl (C=O) groups excluding carboxylic acids is 1. The molecule has 0 heterocycles. The fourth-order valence-corrected chi connectivity index (χ4v) is 3.24. The molecular formula is C13H17ClN2O. The second kappa shape index (κ2) is 4.00. The Morgan fingerprint density at radius 1 is 1.41 bits per heavy atom. The number of halogens is 1. The maximum absolute atomic E-state index is 11.8. The third kappa shape index (κ3) is 1.83. The molecule has 0 aliphatic heterocycles. The molecule has 0 saturated heterocycles. The van der Waals surface area contributed by atoms with Gasteiger partial charge in [-0.25, -0.2) is 0 Å². The van der Waals surface area contributed by atoms with Gasteiger partial charge in [0.05, 0.1) is 10.3 Å². The van der Waals surface area contributed by atoms with Crippen molar-refractivity contribution in [3.63, 3.8) is 0 Å². The van der Waals surface area contributed by atoms with Gasteiger partial charge in [0.2, 0.25) is 5.91 Å². The van der Waals surface area contributed by atoms with Gasteiger partial charge in [-0.05, 0) is 26.1 Å². The van der Waals surface area contributed by atoms with E-state index in [4.69, 9.17) is 17.3 Å². The summed E-state index contributed by atoms with van der Waals surface area (Å²) in [6.07, 6.45) is 0.610. The van der Waals surface area contributed by atoms with Gasteiger partial charge in [-0.3, -0.25) is 4.79 Å². The Morgan fingerprint density at radius 3 is 2.47 bits per heavy atom. The molecule has 1 aliphatic carbocycles. The highest BCUT2D eigenvalue weighted by molar-refractivity contribution is 6.31. The van der Waals surface area contributed by atoms with E-state index in [0.29, 0.717) is 13.0 Å². The standard InChI is InChI=1S/C13H17ClN2O/c1-16(2)9-12(14)8-13(12,11(15)17)10-6-4-3-5-7-10/h3-7H,8-9H2,1-2H3,(H2,15,17). The number of benzene rings is 1. The van der Waals surface area contributed by atoms with Gasteiger partial charge in [0.15, 0.2) is 0 Å². The summed E-state index contributed by atoms with van der Waals surface area (Å²) in [5, 5.41) is 0. The van der Waals surface area contributed by atoms with Crippen molar-refractivity contribution >= 4 is 17.5 Å². The molecule has 2 unspecified atom stereocenters. The molecule has 0 spiro atoms. The van der Waals surface area contributed by atoms with Crippen LogP contribution in [0.5, 0.6) is 0 Å². The van der Waals surface area contributed by atoms with Crippen molar-refractivity contribution in [1.29, 1.82) is 0 Å². The highest BCUT2D eigenvalue weighted by Gasteiger charge is 2.71. The lowest BCUT2D eigenvalue weighted by atomic mass is 9.92. The largest absolute Gasteiger partial charge is 0.369 e. The molecule has 2 N–H and O–H groups in total. The number of nitrogens with two attached hydrogens (primary N) is 1. The molecule has 1 fully saturated rings. The summed E-state index contributed by atoms with van der Waals surface area (Å²) >= 11 is 6.55. The number of hydrogen-bond donors (Lipinski definition) is 1. The molecule has 3 nitrogen and oxygen atoms in total. The summed E-state index contributed by atoms with van der Waals surface area (Å²) in [7, 11) is 3.89. The maximum Gasteiger partial charge on any atom is 0.230 e. The van der Waals surface area contributed by atoms with Crippen LogP contribution < -0.4 is 5.73 Å². The van der Waals surface area contributed by atoms with Crippen molar-refractivity contribution in [3.05, 3.63) is 35.9 Å². The van der Waals surface area contributed by atoms with E-state index in [2.05, 4.69) is 0 Å². The van der Waals surface area contributed by atoms with E-state index >= 15 is 0 Å². The van der Waals surface area contributed by atoms with Gasteiger partial charge >= 0.3 is 0 Å². The van der Waals surface area contributed by atoms with Gasteiger partial charge in [-0.15, -0.1) is 11.6 Å². The quantitative estimate of drug-likeness (QED) is 0.823. The monoisotopic (exact) mass is 252 g/mol. The fraction of sp³-hybridized carbons (Fsp3) is 0.462. The second-order valence-corrected chi connectivity index (χ2v) is 5.74. The van der Waals surface area contributed by atoms with Crippen molar-refractivity contribution < 1.29 is 4.79 Å². The summed E-state index contributed by atoms with van der Waals surface area (Å²) in [4.78, 5) is 13.2. The summed E-state index contributed by atoms with van der Waals surface area (Å²) in [5.41, 5.74) is 5.79. The Balaban J connectivity index is 2.36. The van der Waals surface area contributed by atoms with Crippen LogP contribution in [-0.2, 0) is 10.2 Å². The zero-order chi connectivity index (χ0) is 12.7. The summed E-state index contributed by atoms with van der Waals surface area (Å²) in [6.45, 7) is 0.645. The molecule has 2 rings (SSSR count). The lowest BCUT2D eigenvalue weighted by molar-refractivity contribution is -0.120. The van der Waals surface area contributed by atoms with Crippen LogP contribution in [0.3, 0.4) is 0 Å². The minimum Gasteiger partial charge on any atom is -0.369 e. The van der Waals surface area contributed by atoms with Crippen molar-refractivity contribution in [3.8, 4) is 0 Å². The molecule has 1 amide bonds. The Bertz CT molecular complexity index is 434. The summed E-state index contributed by atoms with van der Waals surface area (Å²) in [5.74, 6) is -0.333. The van der Waals surface area contributed by atoms with E-state index in [0.717, 1.165) is 5.56 Å². The zero-order valence-electron chi connectivity index (χ0n) is 10.1. The second-order valence-electron chi connectivity index (χ2n) is 5.02.